The van der Waals surface area contributed by atoms with E-state index < -0.39 is 0 Å². The minimum Gasteiger partial charge on any atom is -0.376 e. The van der Waals surface area contributed by atoms with Crippen molar-refractivity contribution in [3.8, 4) is 0 Å². The Morgan fingerprint density at radius 1 is 1.15 bits per heavy atom. The molecular weight excluding hydrogens is 262 g/mol. The molecule has 0 aliphatic heterocycles. The molecule has 118 valence electrons. The summed E-state index contributed by atoms with van der Waals surface area (Å²) in [4.78, 5) is 35.0. The first-order chi connectivity index (χ1) is 9.28. The summed E-state index contributed by atoms with van der Waals surface area (Å²) in [6.45, 7) is 6.71. The third-order valence-electron chi connectivity index (χ3n) is 2.10. The molecule has 0 bridgehead atoms. The van der Waals surface area contributed by atoms with Gasteiger partial charge in [-0.15, -0.1) is 0 Å². The Morgan fingerprint density at radius 3 is 2.10 bits per heavy atom. The van der Waals surface area contributed by atoms with Gasteiger partial charge in [0.05, 0.1) is 12.7 Å². The molecule has 0 aromatic rings. The molecule has 0 aromatic carbocycles. The maximum atomic E-state index is 10.8. The molecule has 0 rings (SSSR count). The number of unbranched alkanes of at least 4 members (excludes halogenated alkanes) is 1. The Morgan fingerprint density at radius 2 is 1.70 bits per heavy atom. The highest BCUT2D eigenvalue weighted by Gasteiger charge is 2.08. The maximum absolute atomic E-state index is 10.8. The lowest BCUT2D eigenvalue weighted by Gasteiger charge is -2.18. The normalized spacial score (nSPS) is 10.2. The highest BCUT2D eigenvalue weighted by molar-refractivity contribution is 5.76. The number of hydrogen-bond donors (Lipinski definition) is 0. The Balaban J connectivity index is 0. The smallest absolute Gasteiger partial charge is 0.246 e. The predicted molar refractivity (Wildman–Crippen MR) is 76.1 cm³/mol. The molecule has 1 amide bonds. The van der Waals surface area contributed by atoms with Crippen LogP contribution in [-0.4, -0.2) is 49.9 Å². The summed E-state index contributed by atoms with van der Waals surface area (Å²) in [6, 6.07) is 0. The second-order valence-corrected chi connectivity index (χ2v) is 5.05. The number of carbonyl (C=O) groups is 3. The summed E-state index contributed by atoms with van der Waals surface area (Å²) in [5, 5.41) is 1.10. The van der Waals surface area contributed by atoms with Crippen LogP contribution in [0.2, 0.25) is 0 Å². The molecule has 0 radical (unpaired) electrons. The van der Waals surface area contributed by atoms with Crippen molar-refractivity contribution in [3.05, 3.63) is 0 Å². The van der Waals surface area contributed by atoms with Gasteiger partial charge in [-0.3, -0.25) is 9.63 Å². The average Bonchev–Trinajstić information content (AvgIpc) is 2.39. The van der Waals surface area contributed by atoms with Gasteiger partial charge in [-0.25, -0.2) is 5.06 Å². The highest BCUT2D eigenvalue weighted by Crippen LogP contribution is 2.06. The van der Waals surface area contributed by atoms with Crippen LogP contribution in [0.3, 0.4) is 0 Å². The summed E-state index contributed by atoms with van der Waals surface area (Å²) >= 11 is 0. The lowest BCUT2D eigenvalue weighted by molar-refractivity contribution is -0.168. The van der Waals surface area contributed by atoms with E-state index in [1.54, 1.807) is 0 Å². The third-order valence-corrected chi connectivity index (χ3v) is 2.10. The standard InChI is InChI=1S/C8H16O2.C6H11NO3/c1-8(2,3)10-7-5-4-6-9;1-7(10-2)6(9)4-3-5-8/h6H,4-5,7H2,1-3H3;5H,3-4H2,1-2H3. The zero-order valence-electron chi connectivity index (χ0n) is 13.2. The second-order valence-electron chi connectivity index (χ2n) is 5.05. The summed E-state index contributed by atoms with van der Waals surface area (Å²) in [5.41, 5.74) is -0.0666. The van der Waals surface area contributed by atoms with Crippen LogP contribution in [0.25, 0.3) is 0 Å². The van der Waals surface area contributed by atoms with E-state index in [9.17, 15) is 14.4 Å². The molecule has 0 saturated carbocycles. The number of carbonyl (C=O) groups excluding carboxylic acids is 3. The van der Waals surface area contributed by atoms with Crippen LogP contribution < -0.4 is 0 Å². The lowest BCUT2D eigenvalue weighted by atomic mass is 10.2. The zero-order valence-corrected chi connectivity index (χ0v) is 13.2. The number of hydroxylamine groups is 2. The monoisotopic (exact) mass is 289 g/mol. The molecule has 0 aliphatic rings. The topological polar surface area (TPSA) is 72.9 Å². The van der Waals surface area contributed by atoms with Crippen molar-refractivity contribution in [1.29, 1.82) is 0 Å². The number of hydrogen-bond acceptors (Lipinski definition) is 5. The van der Waals surface area contributed by atoms with Crippen LogP contribution in [0, 0.1) is 0 Å². The number of amides is 1. The number of nitrogens with zero attached hydrogens (tertiary/aromatic N) is 1. The first-order valence-electron chi connectivity index (χ1n) is 6.60. The summed E-state index contributed by atoms with van der Waals surface area (Å²) in [6.07, 6.45) is 3.55. The highest BCUT2D eigenvalue weighted by atomic mass is 16.7. The maximum Gasteiger partial charge on any atom is 0.246 e. The van der Waals surface area contributed by atoms with Gasteiger partial charge in [-0.05, 0) is 27.2 Å². The van der Waals surface area contributed by atoms with Crippen molar-refractivity contribution in [2.45, 2.75) is 52.1 Å². The van der Waals surface area contributed by atoms with Crippen molar-refractivity contribution >= 4 is 18.5 Å². The van der Waals surface area contributed by atoms with Gasteiger partial charge < -0.3 is 14.3 Å². The molecule has 0 heterocycles. The van der Waals surface area contributed by atoms with Gasteiger partial charge in [-0.1, -0.05) is 0 Å². The Labute approximate surface area is 121 Å². The van der Waals surface area contributed by atoms with Gasteiger partial charge in [0.25, 0.3) is 0 Å². The summed E-state index contributed by atoms with van der Waals surface area (Å²) in [7, 11) is 2.91. The van der Waals surface area contributed by atoms with E-state index in [-0.39, 0.29) is 24.3 Å². The van der Waals surface area contributed by atoms with Crippen LogP contribution in [-0.2, 0) is 24.0 Å². The summed E-state index contributed by atoms with van der Waals surface area (Å²) in [5.74, 6) is -0.186. The molecule has 0 spiro atoms. The van der Waals surface area contributed by atoms with Crippen LogP contribution >= 0.6 is 0 Å². The number of rotatable bonds is 8. The predicted octanol–water partition coefficient (Wildman–Crippen LogP) is 1.77. The Bertz CT molecular complexity index is 273. The molecule has 0 fully saturated rings. The van der Waals surface area contributed by atoms with Gasteiger partial charge in [0.15, 0.2) is 0 Å². The van der Waals surface area contributed by atoms with Crippen LogP contribution in [0.4, 0.5) is 0 Å². The number of ether oxygens (including phenoxy) is 1. The third kappa shape index (κ3) is 16.7. The van der Waals surface area contributed by atoms with E-state index in [1.165, 1.54) is 14.2 Å². The molecule has 20 heavy (non-hydrogen) atoms. The van der Waals surface area contributed by atoms with E-state index in [2.05, 4.69) is 4.84 Å². The van der Waals surface area contributed by atoms with Crippen LogP contribution in [0.15, 0.2) is 0 Å². The van der Waals surface area contributed by atoms with Crippen molar-refractivity contribution < 1.29 is 24.0 Å². The molecule has 0 atom stereocenters. The largest absolute Gasteiger partial charge is 0.376 e. The van der Waals surface area contributed by atoms with Gasteiger partial charge in [0.1, 0.15) is 12.6 Å². The zero-order chi connectivity index (χ0) is 16.0. The Hall–Kier alpha value is -1.27. The minimum atomic E-state index is -0.186. The Kier molecular flexibility index (Phi) is 13.4. The molecular formula is C14H27NO5. The molecule has 0 saturated heterocycles. The van der Waals surface area contributed by atoms with E-state index in [0.717, 1.165) is 17.8 Å². The average molecular weight is 289 g/mol. The first-order valence-corrected chi connectivity index (χ1v) is 6.60. The van der Waals surface area contributed by atoms with Crippen molar-refractivity contribution in [2.75, 3.05) is 20.8 Å². The van der Waals surface area contributed by atoms with Gasteiger partial charge in [0, 0.05) is 32.9 Å². The van der Waals surface area contributed by atoms with Crippen LogP contribution in [0.5, 0.6) is 0 Å². The van der Waals surface area contributed by atoms with Crippen molar-refractivity contribution in [3.63, 3.8) is 0 Å². The quantitative estimate of drug-likeness (QED) is 0.387. The van der Waals surface area contributed by atoms with E-state index in [0.29, 0.717) is 19.3 Å². The minimum absolute atomic E-state index is 0.0666. The fourth-order valence-electron chi connectivity index (χ4n) is 0.987. The molecule has 0 aliphatic carbocycles. The van der Waals surface area contributed by atoms with Gasteiger partial charge >= 0.3 is 0 Å². The van der Waals surface area contributed by atoms with E-state index in [4.69, 9.17) is 4.74 Å². The molecule has 6 heteroatoms. The van der Waals surface area contributed by atoms with Crippen molar-refractivity contribution in [1.82, 2.24) is 5.06 Å². The fourth-order valence-corrected chi connectivity index (χ4v) is 0.987. The molecule has 6 nitrogen and oxygen atoms in total. The lowest BCUT2D eigenvalue weighted by Crippen LogP contribution is -2.24. The number of aldehydes is 2. The first kappa shape index (κ1) is 21.0. The van der Waals surface area contributed by atoms with Gasteiger partial charge in [0.2, 0.25) is 5.91 Å². The van der Waals surface area contributed by atoms with E-state index >= 15 is 0 Å². The molecule has 0 N–H and O–H groups in total. The SMILES string of the molecule is CC(C)(C)OCCCC=O.CON(C)C(=O)CCC=O. The van der Waals surface area contributed by atoms with Crippen LogP contribution in [0.1, 0.15) is 46.5 Å². The van der Waals surface area contributed by atoms with Crippen molar-refractivity contribution in [2.24, 2.45) is 0 Å². The van der Waals surface area contributed by atoms with E-state index in [1.807, 2.05) is 20.8 Å². The second kappa shape index (κ2) is 12.7. The van der Waals surface area contributed by atoms with Gasteiger partial charge in [-0.2, -0.15) is 0 Å². The molecule has 0 unspecified atom stereocenters. The molecule has 0 aromatic heterocycles. The fraction of sp³-hybridized carbons (Fsp3) is 0.786. The summed E-state index contributed by atoms with van der Waals surface area (Å²) < 4.78 is 5.37.